The Balaban J connectivity index is 2.21. The molecule has 0 aliphatic rings. The number of pyridine rings is 1. The monoisotopic (exact) mass is 203 g/mol. The van der Waals surface area contributed by atoms with Gasteiger partial charge in [-0.25, -0.2) is 4.98 Å². The summed E-state index contributed by atoms with van der Waals surface area (Å²) in [5, 5.41) is 0. The molecule has 15 heavy (non-hydrogen) atoms. The molecule has 0 atom stereocenters. The van der Waals surface area contributed by atoms with E-state index in [2.05, 4.69) is 16.5 Å². The molecule has 4 nitrogen and oxygen atoms in total. The van der Waals surface area contributed by atoms with Gasteiger partial charge in [-0.3, -0.25) is 4.79 Å². The van der Waals surface area contributed by atoms with E-state index in [0.717, 1.165) is 12.4 Å². The molecule has 0 aromatic carbocycles. The van der Waals surface area contributed by atoms with Gasteiger partial charge in [-0.1, -0.05) is 0 Å². The lowest BCUT2D eigenvalue weighted by atomic mass is 10.4. The molecule has 0 amide bonds. The minimum atomic E-state index is 0.0325. The second kappa shape index (κ2) is 4.13. The number of imidazole rings is 1. The van der Waals surface area contributed by atoms with Gasteiger partial charge in [0, 0.05) is 43.5 Å². The number of aryl methyl sites for hydroxylation is 1. The van der Waals surface area contributed by atoms with Crippen LogP contribution in [0.3, 0.4) is 0 Å². The number of hydrogen-bond donors (Lipinski definition) is 0. The zero-order valence-corrected chi connectivity index (χ0v) is 8.63. The lowest BCUT2D eigenvalue weighted by Crippen LogP contribution is -2.09. The van der Waals surface area contributed by atoms with Crippen molar-refractivity contribution in [1.82, 2.24) is 14.1 Å². The van der Waals surface area contributed by atoms with Crippen LogP contribution in [0.4, 0.5) is 0 Å². The Hall–Kier alpha value is -1.84. The Morgan fingerprint density at radius 1 is 1.27 bits per heavy atom. The Morgan fingerprint density at radius 3 is 2.67 bits per heavy atom. The summed E-state index contributed by atoms with van der Waals surface area (Å²) in [6.07, 6.45) is 7.30. The lowest BCUT2D eigenvalue weighted by molar-refractivity contribution is 0.649. The number of aromatic nitrogens is 3. The molecule has 0 aliphatic heterocycles. The molecule has 0 unspecified atom stereocenters. The summed E-state index contributed by atoms with van der Waals surface area (Å²) in [6, 6.07) is 3.11. The largest absolute Gasteiger partial charge is 0.346 e. The minimum absolute atomic E-state index is 0.0325. The highest BCUT2D eigenvalue weighted by Gasteiger charge is 2.00. The molecule has 2 aromatic rings. The second-order valence-electron chi connectivity index (χ2n) is 3.34. The zero-order chi connectivity index (χ0) is 10.7. The molecule has 0 spiro atoms. The van der Waals surface area contributed by atoms with Gasteiger partial charge < -0.3 is 9.13 Å². The molecule has 2 aromatic heterocycles. The van der Waals surface area contributed by atoms with E-state index in [1.165, 1.54) is 0 Å². The highest BCUT2D eigenvalue weighted by Crippen LogP contribution is 2.00. The van der Waals surface area contributed by atoms with E-state index in [4.69, 9.17) is 0 Å². The number of nitrogens with zero attached hydrogens (tertiary/aromatic N) is 3. The fourth-order valence-corrected chi connectivity index (χ4v) is 1.49. The van der Waals surface area contributed by atoms with E-state index in [9.17, 15) is 4.79 Å². The third-order valence-electron chi connectivity index (χ3n) is 2.33. The van der Waals surface area contributed by atoms with Crippen LogP contribution in [-0.4, -0.2) is 14.1 Å². The van der Waals surface area contributed by atoms with Gasteiger partial charge in [0.2, 0.25) is 0 Å². The maximum Gasteiger partial charge on any atom is 0.181 e. The SMILES string of the molecule is CCn1ccnc1Cn1ccc(=O)cc1. The number of hydrogen-bond acceptors (Lipinski definition) is 2. The predicted molar refractivity (Wildman–Crippen MR) is 57.7 cm³/mol. The van der Waals surface area contributed by atoms with Crippen LogP contribution in [0.2, 0.25) is 0 Å². The van der Waals surface area contributed by atoms with E-state index in [1.807, 2.05) is 10.8 Å². The molecule has 0 saturated carbocycles. The summed E-state index contributed by atoms with van der Waals surface area (Å²) in [5.74, 6) is 1.00. The van der Waals surface area contributed by atoms with Crippen LogP contribution >= 0.6 is 0 Å². The van der Waals surface area contributed by atoms with E-state index >= 15 is 0 Å². The molecule has 0 aliphatic carbocycles. The smallest absolute Gasteiger partial charge is 0.181 e. The second-order valence-corrected chi connectivity index (χ2v) is 3.34. The quantitative estimate of drug-likeness (QED) is 0.749. The maximum atomic E-state index is 10.9. The highest BCUT2D eigenvalue weighted by molar-refractivity contribution is 4.98. The Kier molecular flexibility index (Phi) is 2.67. The molecule has 0 saturated heterocycles. The third kappa shape index (κ3) is 2.15. The van der Waals surface area contributed by atoms with Crippen LogP contribution in [0.25, 0.3) is 0 Å². The summed E-state index contributed by atoms with van der Waals surface area (Å²) >= 11 is 0. The highest BCUT2D eigenvalue weighted by atomic mass is 16.1. The first-order valence-electron chi connectivity index (χ1n) is 4.95. The van der Waals surface area contributed by atoms with Crippen LogP contribution in [0.5, 0.6) is 0 Å². The van der Waals surface area contributed by atoms with Gasteiger partial charge in [0.1, 0.15) is 5.82 Å². The van der Waals surface area contributed by atoms with Crippen LogP contribution in [0, 0.1) is 0 Å². The van der Waals surface area contributed by atoms with Crippen molar-refractivity contribution < 1.29 is 0 Å². The van der Waals surface area contributed by atoms with E-state index in [-0.39, 0.29) is 5.43 Å². The number of rotatable bonds is 3. The molecule has 0 radical (unpaired) electrons. The Bertz CT molecular complexity index is 478. The van der Waals surface area contributed by atoms with Gasteiger partial charge in [0.25, 0.3) is 0 Å². The Morgan fingerprint density at radius 2 is 2.00 bits per heavy atom. The molecule has 4 heteroatoms. The fraction of sp³-hybridized carbons (Fsp3) is 0.273. The van der Waals surface area contributed by atoms with Crippen molar-refractivity contribution in [3.8, 4) is 0 Å². The van der Waals surface area contributed by atoms with E-state index in [0.29, 0.717) is 6.54 Å². The van der Waals surface area contributed by atoms with Crippen molar-refractivity contribution in [3.05, 3.63) is 53.0 Å². The van der Waals surface area contributed by atoms with Gasteiger partial charge >= 0.3 is 0 Å². The standard InChI is InChI=1S/C11H13N3O/c1-2-14-8-5-12-11(14)9-13-6-3-10(15)4-7-13/h3-8H,2,9H2,1H3. The lowest BCUT2D eigenvalue weighted by Gasteiger charge is -2.07. The van der Waals surface area contributed by atoms with Crippen molar-refractivity contribution >= 4 is 0 Å². The first-order chi connectivity index (χ1) is 7.29. The van der Waals surface area contributed by atoms with Crippen LogP contribution < -0.4 is 5.43 Å². The van der Waals surface area contributed by atoms with Crippen LogP contribution in [-0.2, 0) is 13.1 Å². The first kappa shape index (κ1) is 9.71. The maximum absolute atomic E-state index is 10.9. The van der Waals surface area contributed by atoms with Crippen molar-refractivity contribution in [2.45, 2.75) is 20.0 Å². The van der Waals surface area contributed by atoms with E-state index < -0.39 is 0 Å². The summed E-state index contributed by atoms with van der Waals surface area (Å²) in [5.41, 5.74) is 0.0325. The summed E-state index contributed by atoms with van der Waals surface area (Å²) in [4.78, 5) is 15.2. The van der Waals surface area contributed by atoms with Gasteiger partial charge in [-0.15, -0.1) is 0 Å². The van der Waals surface area contributed by atoms with Crippen molar-refractivity contribution in [3.63, 3.8) is 0 Å². The first-order valence-corrected chi connectivity index (χ1v) is 4.95. The minimum Gasteiger partial charge on any atom is -0.346 e. The molecular weight excluding hydrogens is 190 g/mol. The Labute approximate surface area is 87.8 Å². The van der Waals surface area contributed by atoms with Crippen LogP contribution in [0.15, 0.2) is 41.7 Å². The molecule has 78 valence electrons. The zero-order valence-electron chi connectivity index (χ0n) is 8.63. The summed E-state index contributed by atoms with van der Waals surface area (Å²) in [7, 11) is 0. The van der Waals surface area contributed by atoms with Crippen molar-refractivity contribution in [2.75, 3.05) is 0 Å². The van der Waals surface area contributed by atoms with Gasteiger partial charge in [-0.05, 0) is 6.92 Å². The molecule has 2 heterocycles. The average molecular weight is 203 g/mol. The van der Waals surface area contributed by atoms with Gasteiger partial charge in [0.15, 0.2) is 5.43 Å². The van der Waals surface area contributed by atoms with Gasteiger partial charge in [0.05, 0.1) is 6.54 Å². The molecule has 0 N–H and O–H groups in total. The fourth-order valence-electron chi connectivity index (χ4n) is 1.49. The molecule has 2 rings (SSSR count). The topological polar surface area (TPSA) is 39.8 Å². The van der Waals surface area contributed by atoms with E-state index in [1.54, 1.807) is 30.7 Å². The summed E-state index contributed by atoms with van der Waals surface area (Å²) < 4.78 is 4.02. The van der Waals surface area contributed by atoms with Gasteiger partial charge in [-0.2, -0.15) is 0 Å². The third-order valence-corrected chi connectivity index (χ3v) is 2.33. The van der Waals surface area contributed by atoms with Crippen molar-refractivity contribution in [2.24, 2.45) is 0 Å². The average Bonchev–Trinajstić information content (AvgIpc) is 2.69. The molecule has 0 fully saturated rings. The molecule has 0 bridgehead atoms. The van der Waals surface area contributed by atoms with Crippen LogP contribution in [0.1, 0.15) is 12.7 Å². The predicted octanol–water partition coefficient (Wildman–Crippen LogP) is 1.11. The summed E-state index contributed by atoms with van der Waals surface area (Å²) in [6.45, 7) is 3.69. The van der Waals surface area contributed by atoms with Crippen molar-refractivity contribution in [1.29, 1.82) is 0 Å². The molecular formula is C11H13N3O. The normalized spacial score (nSPS) is 10.5.